The van der Waals surface area contributed by atoms with Gasteiger partial charge in [0.05, 0.1) is 19.3 Å². The molecule has 0 saturated carbocycles. The molecule has 1 amide bonds. The smallest absolute Gasteiger partial charge is 0.224 e. The van der Waals surface area contributed by atoms with Gasteiger partial charge in [-0.1, -0.05) is 23.7 Å². The molecule has 20 heavy (non-hydrogen) atoms. The second-order valence-electron chi connectivity index (χ2n) is 5.17. The van der Waals surface area contributed by atoms with E-state index in [1.165, 1.54) is 0 Å². The van der Waals surface area contributed by atoms with Gasteiger partial charge in [0.1, 0.15) is 0 Å². The zero-order chi connectivity index (χ0) is 14.5. The van der Waals surface area contributed by atoms with Gasteiger partial charge in [-0.3, -0.25) is 4.79 Å². The van der Waals surface area contributed by atoms with Crippen molar-refractivity contribution in [2.75, 3.05) is 26.8 Å². The third kappa shape index (κ3) is 3.95. The van der Waals surface area contributed by atoms with Crippen LogP contribution >= 0.6 is 11.6 Å². The molecule has 2 atom stereocenters. The number of halogens is 1. The summed E-state index contributed by atoms with van der Waals surface area (Å²) in [7, 11) is 1.83. The summed E-state index contributed by atoms with van der Waals surface area (Å²) in [5.74, 6) is 0.112. The maximum absolute atomic E-state index is 12.3. The summed E-state index contributed by atoms with van der Waals surface area (Å²) < 4.78 is 5.37. The average molecular weight is 297 g/mol. The second-order valence-corrected chi connectivity index (χ2v) is 5.60. The number of morpholine rings is 1. The quantitative estimate of drug-likeness (QED) is 0.926. The first-order chi connectivity index (χ1) is 9.58. The molecule has 1 fully saturated rings. The average Bonchev–Trinajstić information content (AvgIpc) is 2.46. The molecule has 1 saturated heterocycles. The Morgan fingerprint density at radius 2 is 2.40 bits per heavy atom. The summed E-state index contributed by atoms with van der Waals surface area (Å²) in [6.07, 6.45) is 0.460. The van der Waals surface area contributed by atoms with Crippen LogP contribution in [0.4, 0.5) is 0 Å². The molecule has 0 spiro atoms. The van der Waals surface area contributed by atoms with Crippen LogP contribution in [-0.2, 0) is 9.53 Å². The van der Waals surface area contributed by atoms with Crippen LogP contribution in [0.1, 0.15) is 24.9 Å². The Kier molecular flexibility index (Phi) is 5.40. The third-order valence-corrected chi connectivity index (χ3v) is 3.96. The molecule has 2 rings (SSSR count). The Morgan fingerprint density at radius 3 is 3.05 bits per heavy atom. The molecule has 1 aromatic rings. The number of nitrogens with zero attached hydrogens (tertiary/aromatic N) is 1. The predicted octanol–water partition coefficient (Wildman–Crippen LogP) is 2.24. The normalized spacial score (nSPS) is 20.4. The molecule has 1 heterocycles. The van der Waals surface area contributed by atoms with Gasteiger partial charge in [-0.25, -0.2) is 0 Å². The Labute approximate surface area is 125 Å². The number of benzene rings is 1. The topological polar surface area (TPSA) is 41.6 Å². The zero-order valence-electron chi connectivity index (χ0n) is 11.9. The lowest BCUT2D eigenvalue weighted by Gasteiger charge is -2.29. The molecule has 0 radical (unpaired) electrons. The number of hydrogen-bond donors (Lipinski definition) is 1. The van der Waals surface area contributed by atoms with E-state index >= 15 is 0 Å². The first-order valence-corrected chi connectivity index (χ1v) is 7.28. The fourth-order valence-corrected chi connectivity index (χ4v) is 2.51. The summed E-state index contributed by atoms with van der Waals surface area (Å²) >= 11 is 6.00. The predicted molar refractivity (Wildman–Crippen MR) is 79.9 cm³/mol. The maximum atomic E-state index is 12.3. The van der Waals surface area contributed by atoms with Crippen molar-refractivity contribution >= 4 is 17.5 Å². The highest BCUT2D eigenvalue weighted by Crippen LogP contribution is 2.22. The highest BCUT2D eigenvalue weighted by Gasteiger charge is 2.22. The van der Waals surface area contributed by atoms with Crippen molar-refractivity contribution in [2.45, 2.75) is 25.4 Å². The van der Waals surface area contributed by atoms with E-state index < -0.39 is 0 Å². The first kappa shape index (κ1) is 15.3. The lowest BCUT2D eigenvalue weighted by molar-refractivity contribution is -0.133. The van der Waals surface area contributed by atoms with E-state index in [9.17, 15) is 4.79 Å². The molecular weight excluding hydrogens is 276 g/mol. The van der Waals surface area contributed by atoms with Crippen LogP contribution in [-0.4, -0.2) is 43.7 Å². The second kappa shape index (κ2) is 7.07. The van der Waals surface area contributed by atoms with Gasteiger partial charge < -0.3 is 15.0 Å². The number of nitrogens with one attached hydrogen (secondary N) is 1. The van der Waals surface area contributed by atoms with Gasteiger partial charge in [-0.2, -0.15) is 0 Å². The number of rotatable bonds is 4. The van der Waals surface area contributed by atoms with Gasteiger partial charge in [0, 0.05) is 31.1 Å². The van der Waals surface area contributed by atoms with Crippen molar-refractivity contribution in [2.24, 2.45) is 0 Å². The standard InChI is InChI=1S/C15H21ClN2O2/c1-11(12-4-3-5-13(16)8-12)18(2)15(19)9-14-10-20-7-6-17-14/h3-5,8,11,14,17H,6-7,9-10H2,1-2H3. The number of ether oxygens (including phenoxy) is 1. The van der Waals surface area contributed by atoms with Gasteiger partial charge in [-0.15, -0.1) is 0 Å². The minimum absolute atomic E-state index is 0.00529. The number of carbonyl (C=O) groups is 1. The van der Waals surface area contributed by atoms with E-state index in [0.717, 1.165) is 18.7 Å². The summed E-state index contributed by atoms with van der Waals surface area (Å²) in [6.45, 7) is 4.14. The van der Waals surface area contributed by atoms with E-state index in [0.29, 0.717) is 18.1 Å². The zero-order valence-corrected chi connectivity index (χ0v) is 12.7. The minimum atomic E-state index is 0.00529. The van der Waals surface area contributed by atoms with Crippen LogP contribution in [0.15, 0.2) is 24.3 Å². The van der Waals surface area contributed by atoms with Crippen LogP contribution in [0.3, 0.4) is 0 Å². The largest absolute Gasteiger partial charge is 0.378 e. The summed E-state index contributed by atoms with van der Waals surface area (Å²) in [5, 5.41) is 3.99. The first-order valence-electron chi connectivity index (χ1n) is 6.90. The van der Waals surface area contributed by atoms with Crippen molar-refractivity contribution in [1.29, 1.82) is 0 Å². The molecule has 4 nitrogen and oxygen atoms in total. The van der Waals surface area contributed by atoms with E-state index in [1.807, 2.05) is 38.2 Å². The van der Waals surface area contributed by atoms with Crippen LogP contribution in [0, 0.1) is 0 Å². The summed E-state index contributed by atoms with van der Waals surface area (Å²) in [4.78, 5) is 14.1. The molecule has 0 aliphatic carbocycles. The van der Waals surface area contributed by atoms with Gasteiger partial charge >= 0.3 is 0 Å². The van der Waals surface area contributed by atoms with E-state index in [4.69, 9.17) is 16.3 Å². The Hall–Kier alpha value is -1.10. The minimum Gasteiger partial charge on any atom is -0.378 e. The van der Waals surface area contributed by atoms with Crippen molar-refractivity contribution in [1.82, 2.24) is 10.2 Å². The van der Waals surface area contributed by atoms with Crippen molar-refractivity contribution < 1.29 is 9.53 Å². The molecule has 1 aromatic carbocycles. The Bertz CT molecular complexity index is 461. The third-order valence-electron chi connectivity index (χ3n) is 3.72. The van der Waals surface area contributed by atoms with E-state index in [2.05, 4.69) is 5.32 Å². The van der Waals surface area contributed by atoms with Crippen LogP contribution in [0.2, 0.25) is 5.02 Å². The highest BCUT2D eigenvalue weighted by molar-refractivity contribution is 6.30. The van der Waals surface area contributed by atoms with E-state index in [1.54, 1.807) is 4.90 Å². The summed E-state index contributed by atoms with van der Waals surface area (Å²) in [6, 6.07) is 7.75. The van der Waals surface area contributed by atoms with Crippen LogP contribution < -0.4 is 5.32 Å². The van der Waals surface area contributed by atoms with Crippen molar-refractivity contribution in [3.8, 4) is 0 Å². The lowest BCUT2D eigenvalue weighted by Crippen LogP contribution is -2.44. The molecule has 110 valence electrons. The molecule has 0 bridgehead atoms. The Morgan fingerprint density at radius 1 is 1.60 bits per heavy atom. The Balaban J connectivity index is 1.95. The van der Waals surface area contributed by atoms with Crippen LogP contribution in [0.5, 0.6) is 0 Å². The molecule has 1 aliphatic rings. The van der Waals surface area contributed by atoms with Gasteiger partial charge in [0.25, 0.3) is 0 Å². The fourth-order valence-electron chi connectivity index (χ4n) is 2.31. The molecule has 1 N–H and O–H groups in total. The molecule has 1 aliphatic heterocycles. The van der Waals surface area contributed by atoms with Crippen molar-refractivity contribution in [3.05, 3.63) is 34.9 Å². The molecular formula is C15H21ClN2O2. The number of hydrogen-bond acceptors (Lipinski definition) is 3. The van der Waals surface area contributed by atoms with Gasteiger partial charge in [-0.05, 0) is 24.6 Å². The highest BCUT2D eigenvalue weighted by atomic mass is 35.5. The number of carbonyl (C=O) groups excluding carboxylic acids is 1. The lowest BCUT2D eigenvalue weighted by atomic mass is 10.1. The molecule has 2 unspecified atom stereocenters. The molecule has 5 heteroatoms. The monoisotopic (exact) mass is 296 g/mol. The van der Waals surface area contributed by atoms with Crippen molar-refractivity contribution in [3.63, 3.8) is 0 Å². The van der Waals surface area contributed by atoms with Gasteiger partial charge in [0.15, 0.2) is 0 Å². The number of amides is 1. The fraction of sp³-hybridized carbons (Fsp3) is 0.533. The van der Waals surface area contributed by atoms with E-state index in [-0.39, 0.29) is 18.0 Å². The molecule has 0 aromatic heterocycles. The van der Waals surface area contributed by atoms with Gasteiger partial charge in [0.2, 0.25) is 5.91 Å². The summed E-state index contributed by atoms with van der Waals surface area (Å²) in [5.41, 5.74) is 1.04. The SMILES string of the molecule is CC(c1cccc(Cl)c1)N(C)C(=O)CC1COCCN1. The maximum Gasteiger partial charge on any atom is 0.224 e. The van der Waals surface area contributed by atoms with Crippen LogP contribution in [0.25, 0.3) is 0 Å².